The maximum Gasteiger partial charge on any atom is 0.257 e. The number of ether oxygens (including phenoxy) is 2. The van der Waals surface area contributed by atoms with Crippen molar-refractivity contribution in [2.45, 2.75) is 25.8 Å². The molecule has 4 rings (SSSR count). The van der Waals surface area contributed by atoms with Crippen LogP contribution in [-0.2, 0) is 17.8 Å². The largest absolute Gasteiger partial charge is 0.493 e. The number of benzene rings is 1. The van der Waals surface area contributed by atoms with Crippen LogP contribution in [0, 0.1) is 0 Å². The maximum absolute atomic E-state index is 13.0. The van der Waals surface area contributed by atoms with E-state index < -0.39 is 0 Å². The van der Waals surface area contributed by atoms with Gasteiger partial charge in [-0.05, 0) is 43.0 Å². The predicted molar refractivity (Wildman–Crippen MR) is 116 cm³/mol. The van der Waals surface area contributed by atoms with Crippen LogP contribution < -0.4 is 9.47 Å². The lowest BCUT2D eigenvalue weighted by Crippen LogP contribution is -2.50. The highest BCUT2D eigenvalue weighted by Crippen LogP contribution is 2.28. The number of rotatable bonds is 5. The third-order valence-electron chi connectivity index (χ3n) is 5.92. The number of fused-ring (bicyclic) bond motifs is 1. The van der Waals surface area contributed by atoms with E-state index in [1.165, 1.54) is 0 Å². The summed E-state index contributed by atoms with van der Waals surface area (Å²) in [4.78, 5) is 29.2. The summed E-state index contributed by atoms with van der Waals surface area (Å²) in [6.07, 6.45) is 8.14. The van der Waals surface area contributed by atoms with Crippen LogP contribution in [0.4, 0.5) is 0 Å². The van der Waals surface area contributed by atoms with Gasteiger partial charge in [0.05, 0.1) is 31.7 Å². The summed E-state index contributed by atoms with van der Waals surface area (Å²) in [5.74, 6) is 1.22. The Morgan fingerprint density at radius 3 is 2.45 bits per heavy atom. The molecule has 2 amide bonds. The number of hydrogen-bond donors (Lipinski definition) is 0. The maximum atomic E-state index is 13.0. The first kappa shape index (κ1) is 21.0. The number of carbonyl (C=O) groups is 2. The molecule has 1 fully saturated rings. The van der Waals surface area contributed by atoms with Gasteiger partial charge in [-0.3, -0.25) is 14.3 Å². The standard InChI is InChI=1S/C23H28N4O4/c1-30-20-8-6-17(15-21(20)31-2)7-9-22(28)25-11-13-26(14-12-25)23(29)18-16-24-27-10-4-3-5-19(18)27/h6-9,15-16H,3-5,10-14H2,1-2H3/b9-7+. The van der Waals surface area contributed by atoms with Crippen molar-refractivity contribution in [2.24, 2.45) is 0 Å². The van der Waals surface area contributed by atoms with Crippen LogP contribution in [0.5, 0.6) is 11.5 Å². The van der Waals surface area contributed by atoms with E-state index in [-0.39, 0.29) is 11.8 Å². The van der Waals surface area contributed by atoms with Crippen LogP contribution in [0.15, 0.2) is 30.5 Å². The van der Waals surface area contributed by atoms with Gasteiger partial charge >= 0.3 is 0 Å². The summed E-state index contributed by atoms with van der Waals surface area (Å²) in [5.41, 5.74) is 2.62. The number of carbonyl (C=O) groups excluding carboxylic acids is 2. The number of aromatic nitrogens is 2. The van der Waals surface area contributed by atoms with Crippen molar-refractivity contribution in [3.05, 3.63) is 47.3 Å². The highest BCUT2D eigenvalue weighted by molar-refractivity contribution is 5.96. The average Bonchev–Trinajstić information content (AvgIpc) is 3.26. The third-order valence-corrected chi connectivity index (χ3v) is 5.92. The fraction of sp³-hybridized carbons (Fsp3) is 0.435. The van der Waals surface area contributed by atoms with Gasteiger partial charge in [0.25, 0.3) is 5.91 Å². The minimum atomic E-state index is -0.0650. The SMILES string of the molecule is COc1ccc(/C=C/C(=O)N2CCN(C(=O)c3cnn4c3CCCC4)CC2)cc1OC. The molecule has 1 saturated heterocycles. The molecule has 0 radical (unpaired) electrons. The second-order valence-electron chi connectivity index (χ2n) is 7.75. The van der Waals surface area contributed by atoms with Crippen LogP contribution in [-0.4, -0.2) is 71.8 Å². The highest BCUT2D eigenvalue weighted by Gasteiger charge is 2.27. The van der Waals surface area contributed by atoms with Crippen molar-refractivity contribution in [3.8, 4) is 11.5 Å². The predicted octanol–water partition coefficient (Wildman–Crippen LogP) is 2.23. The molecular weight excluding hydrogens is 396 g/mol. The molecule has 0 N–H and O–H groups in total. The van der Waals surface area contributed by atoms with E-state index in [4.69, 9.17) is 9.47 Å². The van der Waals surface area contributed by atoms with Crippen molar-refractivity contribution in [2.75, 3.05) is 40.4 Å². The first-order chi connectivity index (χ1) is 15.1. The summed E-state index contributed by atoms with van der Waals surface area (Å²) in [5, 5.41) is 4.37. The van der Waals surface area contributed by atoms with Gasteiger partial charge in [-0.2, -0.15) is 5.10 Å². The van der Waals surface area contributed by atoms with Crippen LogP contribution in [0.25, 0.3) is 6.08 Å². The second-order valence-corrected chi connectivity index (χ2v) is 7.75. The minimum Gasteiger partial charge on any atom is -0.493 e. The average molecular weight is 425 g/mol. The molecule has 0 unspecified atom stereocenters. The quantitative estimate of drug-likeness (QED) is 0.688. The molecule has 8 heteroatoms. The highest BCUT2D eigenvalue weighted by atomic mass is 16.5. The summed E-state index contributed by atoms with van der Waals surface area (Å²) in [7, 11) is 3.17. The van der Waals surface area contributed by atoms with Gasteiger partial charge < -0.3 is 19.3 Å². The van der Waals surface area contributed by atoms with E-state index in [1.807, 2.05) is 27.8 Å². The Bertz CT molecular complexity index is 989. The first-order valence-corrected chi connectivity index (χ1v) is 10.6. The summed E-state index contributed by atoms with van der Waals surface area (Å²) in [6.45, 7) is 2.98. The van der Waals surface area contributed by atoms with Crippen molar-refractivity contribution in [1.82, 2.24) is 19.6 Å². The van der Waals surface area contributed by atoms with Gasteiger partial charge in [0, 0.05) is 38.8 Å². The number of aryl methyl sites for hydroxylation is 1. The van der Waals surface area contributed by atoms with Gasteiger partial charge in [-0.1, -0.05) is 6.07 Å². The molecule has 0 spiro atoms. The Morgan fingerprint density at radius 2 is 1.71 bits per heavy atom. The lowest BCUT2D eigenvalue weighted by atomic mass is 10.1. The van der Waals surface area contributed by atoms with Crippen molar-refractivity contribution >= 4 is 17.9 Å². The van der Waals surface area contributed by atoms with Gasteiger partial charge in [-0.25, -0.2) is 0 Å². The second kappa shape index (κ2) is 9.24. The molecular formula is C23H28N4O4. The number of hydrogen-bond acceptors (Lipinski definition) is 5. The molecule has 164 valence electrons. The number of piperazine rings is 1. The first-order valence-electron chi connectivity index (χ1n) is 10.6. The van der Waals surface area contributed by atoms with E-state index in [1.54, 1.807) is 37.5 Å². The van der Waals surface area contributed by atoms with Gasteiger partial charge in [0.2, 0.25) is 5.91 Å². The Labute approximate surface area is 182 Å². The Balaban J connectivity index is 1.34. The van der Waals surface area contributed by atoms with E-state index in [9.17, 15) is 9.59 Å². The van der Waals surface area contributed by atoms with Crippen molar-refractivity contribution < 1.29 is 19.1 Å². The molecule has 8 nitrogen and oxygen atoms in total. The normalized spacial score (nSPS) is 16.3. The molecule has 0 bridgehead atoms. The van der Waals surface area contributed by atoms with Crippen molar-refractivity contribution in [1.29, 1.82) is 0 Å². The van der Waals surface area contributed by atoms with E-state index in [0.29, 0.717) is 43.2 Å². The van der Waals surface area contributed by atoms with Gasteiger partial charge in [0.15, 0.2) is 11.5 Å². The van der Waals surface area contributed by atoms with Crippen LogP contribution in [0.1, 0.15) is 34.5 Å². The third kappa shape index (κ3) is 4.42. The smallest absolute Gasteiger partial charge is 0.257 e. The number of methoxy groups -OCH3 is 2. The zero-order valence-corrected chi connectivity index (χ0v) is 18.0. The Morgan fingerprint density at radius 1 is 0.968 bits per heavy atom. The van der Waals surface area contributed by atoms with E-state index in [0.717, 1.165) is 37.1 Å². The molecule has 3 heterocycles. The molecule has 0 atom stereocenters. The molecule has 2 aliphatic heterocycles. The van der Waals surface area contributed by atoms with Gasteiger partial charge in [0.1, 0.15) is 0 Å². The monoisotopic (exact) mass is 424 g/mol. The van der Waals surface area contributed by atoms with Crippen molar-refractivity contribution in [3.63, 3.8) is 0 Å². The summed E-state index contributed by atoms with van der Waals surface area (Å²) < 4.78 is 12.5. The van der Waals surface area contributed by atoms with Crippen LogP contribution >= 0.6 is 0 Å². The summed E-state index contributed by atoms with van der Waals surface area (Å²) >= 11 is 0. The fourth-order valence-electron chi connectivity index (χ4n) is 4.13. The Hall–Kier alpha value is -3.29. The molecule has 31 heavy (non-hydrogen) atoms. The molecule has 2 aromatic rings. The van der Waals surface area contributed by atoms with Crippen LogP contribution in [0.3, 0.4) is 0 Å². The number of nitrogens with zero attached hydrogens (tertiary/aromatic N) is 4. The van der Waals surface area contributed by atoms with E-state index >= 15 is 0 Å². The lowest BCUT2D eigenvalue weighted by Gasteiger charge is -2.34. The molecule has 0 saturated carbocycles. The number of amides is 2. The summed E-state index contributed by atoms with van der Waals surface area (Å²) in [6, 6.07) is 5.50. The minimum absolute atomic E-state index is 0.0242. The Kier molecular flexibility index (Phi) is 6.25. The molecule has 2 aliphatic rings. The van der Waals surface area contributed by atoms with Crippen LogP contribution in [0.2, 0.25) is 0 Å². The molecule has 0 aliphatic carbocycles. The molecule has 1 aromatic carbocycles. The zero-order valence-electron chi connectivity index (χ0n) is 18.0. The fourth-order valence-corrected chi connectivity index (χ4v) is 4.13. The topological polar surface area (TPSA) is 76.9 Å². The zero-order chi connectivity index (χ0) is 21.8. The lowest BCUT2D eigenvalue weighted by molar-refractivity contribution is -0.127. The van der Waals surface area contributed by atoms with Gasteiger partial charge in [-0.15, -0.1) is 0 Å². The molecule has 1 aromatic heterocycles. The van der Waals surface area contributed by atoms with E-state index in [2.05, 4.69) is 5.10 Å².